The molecule has 130 valence electrons. The molecule has 4 unspecified atom stereocenters. The summed E-state index contributed by atoms with van der Waals surface area (Å²) in [7, 11) is 0. The number of hydrazone groups is 1. The van der Waals surface area contributed by atoms with E-state index < -0.39 is 31.1 Å². The maximum atomic E-state index is 10.2. The van der Waals surface area contributed by atoms with Crippen LogP contribution in [-0.2, 0) is 4.74 Å². The molecule has 1 saturated heterocycles. The number of nitrogens with two attached hydrogens (primary N) is 1. The van der Waals surface area contributed by atoms with E-state index in [2.05, 4.69) is 20.5 Å². The number of nitrogens with zero attached hydrogens (tertiary/aromatic N) is 4. The first-order valence-electron chi connectivity index (χ1n) is 7.44. The number of aliphatic hydroxyl groups is 3. The molecule has 6 N–H and O–H groups in total. The number of fused-ring (bicyclic) bond motifs is 1. The van der Waals surface area contributed by atoms with Gasteiger partial charge in [-0.15, -0.1) is 0 Å². The second kappa shape index (κ2) is 6.32. The highest BCUT2D eigenvalue weighted by molar-refractivity contribution is 5.88. The van der Waals surface area contributed by atoms with Crippen LogP contribution in [0, 0.1) is 0 Å². The van der Waals surface area contributed by atoms with Crippen molar-refractivity contribution < 1.29 is 20.1 Å². The van der Waals surface area contributed by atoms with Crippen molar-refractivity contribution in [2.45, 2.75) is 38.4 Å². The fourth-order valence-corrected chi connectivity index (χ4v) is 2.58. The lowest BCUT2D eigenvalue weighted by molar-refractivity contribution is -0.0511. The number of ether oxygens (including phenoxy) is 1. The predicted octanol–water partition coefficient (Wildman–Crippen LogP) is -0.567. The lowest BCUT2D eigenvalue weighted by Crippen LogP contribution is -2.33. The van der Waals surface area contributed by atoms with Crippen LogP contribution < -0.4 is 11.2 Å². The second-order valence-electron chi connectivity index (χ2n) is 5.82. The van der Waals surface area contributed by atoms with Crippen LogP contribution in [-0.4, -0.2) is 60.5 Å². The molecule has 0 saturated carbocycles. The maximum absolute atomic E-state index is 10.2. The van der Waals surface area contributed by atoms with Crippen molar-refractivity contribution in [3.8, 4) is 0 Å². The minimum atomic E-state index is -1.23. The monoisotopic (exact) mass is 336 g/mol. The van der Waals surface area contributed by atoms with Gasteiger partial charge in [0.05, 0.1) is 18.6 Å². The first kappa shape index (κ1) is 16.6. The number of hydrogen-bond donors (Lipinski definition) is 5. The van der Waals surface area contributed by atoms with Crippen molar-refractivity contribution >= 4 is 28.4 Å². The summed E-state index contributed by atoms with van der Waals surface area (Å²) in [6.45, 7) is 3.27. The van der Waals surface area contributed by atoms with E-state index in [-0.39, 0.29) is 5.82 Å². The fourth-order valence-electron chi connectivity index (χ4n) is 2.58. The highest BCUT2D eigenvalue weighted by atomic mass is 16.6. The molecule has 1 aliphatic rings. The number of nitrogens with one attached hydrogen (secondary N) is 1. The molecule has 2 aromatic heterocycles. The number of hydrogen-bond acceptors (Lipinski definition) is 9. The summed E-state index contributed by atoms with van der Waals surface area (Å²) in [5.41, 5.74) is 11.0. The van der Waals surface area contributed by atoms with Gasteiger partial charge < -0.3 is 25.8 Å². The molecule has 10 nitrogen and oxygen atoms in total. The Morgan fingerprint density at radius 3 is 2.79 bits per heavy atom. The van der Waals surface area contributed by atoms with E-state index in [9.17, 15) is 15.3 Å². The smallest absolute Gasteiger partial charge is 0.166 e. The molecular weight excluding hydrogens is 316 g/mol. The SMILES string of the molecule is CC(C)=NNc1cc(N)nc2c1ncn2C1OC(CO)C(O)C1O. The van der Waals surface area contributed by atoms with Gasteiger partial charge in [0, 0.05) is 11.8 Å². The van der Waals surface area contributed by atoms with Gasteiger partial charge in [0.2, 0.25) is 0 Å². The minimum absolute atomic E-state index is 0.238. The van der Waals surface area contributed by atoms with E-state index in [1.807, 2.05) is 13.8 Å². The van der Waals surface area contributed by atoms with E-state index in [1.165, 1.54) is 10.9 Å². The zero-order valence-electron chi connectivity index (χ0n) is 13.3. The van der Waals surface area contributed by atoms with Gasteiger partial charge in [-0.3, -0.25) is 9.99 Å². The maximum Gasteiger partial charge on any atom is 0.166 e. The van der Waals surface area contributed by atoms with Gasteiger partial charge in [-0.1, -0.05) is 0 Å². The molecule has 3 rings (SSSR count). The zero-order chi connectivity index (χ0) is 17.4. The van der Waals surface area contributed by atoms with Crippen LogP contribution in [0.2, 0.25) is 0 Å². The molecule has 10 heteroatoms. The Hall–Kier alpha value is -2.27. The van der Waals surface area contributed by atoms with Gasteiger partial charge >= 0.3 is 0 Å². The van der Waals surface area contributed by atoms with Crippen molar-refractivity contribution in [1.82, 2.24) is 14.5 Å². The third-order valence-corrected chi connectivity index (χ3v) is 3.74. The molecule has 2 aromatic rings. The summed E-state index contributed by atoms with van der Waals surface area (Å²) in [5.74, 6) is 0.238. The number of nitrogen functional groups attached to an aromatic ring is 1. The van der Waals surface area contributed by atoms with Crippen LogP contribution >= 0.6 is 0 Å². The normalized spacial score (nSPS) is 26.7. The van der Waals surface area contributed by atoms with Crippen LogP contribution in [0.3, 0.4) is 0 Å². The standard InChI is InChI=1S/C14H20N6O4/c1-6(2)18-19-7-3-9(15)17-13-10(7)16-5-20(13)14-12(23)11(22)8(4-21)24-14/h3,5,8,11-12,14,21-23H,4H2,1-2H3,(H3,15,17,19). The van der Waals surface area contributed by atoms with Crippen LogP contribution in [0.25, 0.3) is 11.2 Å². The summed E-state index contributed by atoms with van der Waals surface area (Å²) in [4.78, 5) is 8.50. The first-order chi connectivity index (χ1) is 11.4. The van der Waals surface area contributed by atoms with Crippen molar-refractivity contribution in [3.63, 3.8) is 0 Å². The lowest BCUT2D eigenvalue weighted by Gasteiger charge is -2.16. The highest BCUT2D eigenvalue weighted by Gasteiger charge is 2.44. The largest absolute Gasteiger partial charge is 0.394 e. The van der Waals surface area contributed by atoms with E-state index >= 15 is 0 Å². The third kappa shape index (κ3) is 2.80. The molecule has 0 aliphatic carbocycles. The van der Waals surface area contributed by atoms with E-state index in [1.54, 1.807) is 6.07 Å². The zero-order valence-corrected chi connectivity index (χ0v) is 13.3. The Bertz CT molecular complexity index is 772. The van der Waals surface area contributed by atoms with Gasteiger partial charge in [0.15, 0.2) is 11.9 Å². The van der Waals surface area contributed by atoms with Gasteiger partial charge in [0.25, 0.3) is 0 Å². The van der Waals surface area contributed by atoms with Crippen molar-refractivity contribution in [2.75, 3.05) is 17.8 Å². The second-order valence-corrected chi connectivity index (χ2v) is 5.82. The Morgan fingerprint density at radius 1 is 1.42 bits per heavy atom. The van der Waals surface area contributed by atoms with Gasteiger partial charge in [-0.25, -0.2) is 9.97 Å². The molecule has 4 atom stereocenters. The van der Waals surface area contributed by atoms with Crippen molar-refractivity contribution in [3.05, 3.63) is 12.4 Å². The number of rotatable bonds is 4. The summed E-state index contributed by atoms with van der Waals surface area (Å²) in [6.07, 6.45) is -2.81. The molecule has 1 aliphatic heterocycles. The van der Waals surface area contributed by atoms with Gasteiger partial charge in [0.1, 0.15) is 29.6 Å². The molecule has 0 radical (unpaired) electrons. The Balaban J connectivity index is 2.03. The van der Waals surface area contributed by atoms with Gasteiger partial charge in [-0.05, 0) is 13.8 Å². The van der Waals surface area contributed by atoms with Crippen molar-refractivity contribution in [2.24, 2.45) is 5.10 Å². The summed E-state index contributed by atoms with van der Waals surface area (Å²) >= 11 is 0. The number of aromatic nitrogens is 3. The molecule has 0 amide bonds. The Kier molecular flexibility index (Phi) is 4.37. The summed E-state index contributed by atoms with van der Waals surface area (Å²) in [5, 5.41) is 33.4. The molecule has 0 bridgehead atoms. The number of imidazole rings is 1. The molecule has 0 spiro atoms. The number of anilines is 2. The van der Waals surface area contributed by atoms with E-state index in [0.29, 0.717) is 16.9 Å². The average Bonchev–Trinajstić information content (AvgIpc) is 3.07. The van der Waals surface area contributed by atoms with Crippen LogP contribution in [0.5, 0.6) is 0 Å². The molecule has 3 heterocycles. The van der Waals surface area contributed by atoms with Crippen LogP contribution in [0.15, 0.2) is 17.5 Å². The van der Waals surface area contributed by atoms with Crippen LogP contribution in [0.4, 0.5) is 11.5 Å². The molecule has 0 aromatic carbocycles. The van der Waals surface area contributed by atoms with E-state index in [4.69, 9.17) is 10.5 Å². The average molecular weight is 336 g/mol. The van der Waals surface area contributed by atoms with Crippen molar-refractivity contribution in [1.29, 1.82) is 0 Å². The summed E-state index contributed by atoms with van der Waals surface area (Å²) in [6, 6.07) is 1.60. The molecule has 24 heavy (non-hydrogen) atoms. The topological polar surface area (TPSA) is 151 Å². The summed E-state index contributed by atoms with van der Waals surface area (Å²) < 4.78 is 6.98. The predicted molar refractivity (Wildman–Crippen MR) is 87.4 cm³/mol. The van der Waals surface area contributed by atoms with Gasteiger partial charge in [-0.2, -0.15) is 5.10 Å². The Labute approximate surface area is 137 Å². The van der Waals surface area contributed by atoms with Crippen LogP contribution in [0.1, 0.15) is 20.1 Å². The highest BCUT2D eigenvalue weighted by Crippen LogP contribution is 2.33. The third-order valence-electron chi connectivity index (χ3n) is 3.74. The quantitative estimate of drug-likeness (QED) is 0.368. The first-order valence-corrected chi connectivity index (χ1v) is 7.44. The van der Waals surface area contributed by atoms with E-state index in [0.717, 1.165) is 5.71 Å². The molecular formula is C14H20N6O4. The Morgan fingerprint density at radius 2 is 2.17 bits per heavy atom. The number of aliphatic hydroxyl groups excluding tert-OH is 3. The minimum Gasteiger partial charge on any atom is -0.394 e. The lowest BCUT2D eigenvalue weighted by atomic mass is 10.1. The fraction of sp³-hybridized carbons (Fsp3) is 0.500. The number of pyridine rings is 1. The molecule has 1 fully saturated rings.